The van der Waals surface area contributed by atoms with Crippen molar-refractivity contribution in [2.75, 3.05) is 14.2 Å². The van der Waals surface area contributed by atoms with Gasteiger partial charge in [-0.15, -0.1) is 0 Å². The topological polar surface area (TPSA) is 61.6 Å². The summed E-state index contributed by atoms with van der Waals surface area (Å²) in [5.41, 5.74) is 5.96. The van der Waals surface area contributed by atoms with E-state index in [1.54, 1.807) is 14.0 Å². The molecule has 0 aliphatic carbocycles. The zero-order chi connectivity index (χ0) is 12.2. The maximum atomic E-state index is 11.4. The van der Waals surface area contributed by atoms with Crippen molar-refractivity contribution in [3.05, 3.63) is 35.4 Å². The Kier molecular flexibility index (Phi) is 4.04. The van der Waals surface area contributed by atoms with Crippen LogP contribution in [0, 0.1) is 0 Å². The van der Waals surface area contributed by atoms with Crippen molar-refractivity contribution in [2.24, 2.45) is 5.73 Å². The molecule has 0 saturated heterocycles. The molecule has 1 rings (SSSR count). The number of rotatable bonds is 5. The zero-order valence-corrected chi connectivity index (χ0v) is 9.82. The van der Waals surface area contributed by atoms with Crippen LogP contribution >= 0.6 is 0 Å². The van der Waals surface area contributed by atoms with Crippen molar-refractivity contribution >= 4 is 5.91 Å². The summed E-state index contributed by atoms with van der Waals surface area (Å²) in [5.74, 6) is -0.510. The van der Waals surface area contributed by atoms with Crippen molar-refractivity contribution in [1.29, 1.82) is 0 Å². The SMILES string of the molecule is COCc1cccc(C(C)(OC)C(N)=O)c1. The largest absolute Gasteiger partial charge is 0.380 e. The molecule has 88 valence electrons. The minimum atomic E-state index is -1.09. The lowest BCUT2D eigenvalue weighted by molar-refractivity contribution is -0.139. The van der Waals surface area contributed by atoms with Gasteiger partial charge >= 0.3 is 0 Å². The molecule has 0 aliphatic heterocycles. The Labute approximate surface area is 95.3 Å². The highest BCUT2D eigenvalue weighted by molar-refractivity contribution is 5.84. The number of primary amides is 1. The lowest BCUT2D eigenvalue weighted by Crippen LogP contribution is -2.40. The van der Waals surface area contributed by atoms with Gasteiger partial charge in [-0.25, -0.2) is 0 Å². The number of benzene rings is 1. The Morgan fingerprint density at radius 1 is 1.44 bits per heavy atom. The van der Waals surface area contributed by atoms with Gasteiger partial charge in [-0.3, -0.25) is 4.79 Å². The zero-order valence-electron chi connectivity index (χ0n) is 9.82. The molecule has 4 nitrogen and oxygen atoms in total. The molecule has 1 amide bonds. The van der Waals surface area contributed by atoms with Gasteiger partial charge in [-0.05, 0) is 18.1 Å². The molecule has 0 aliphatic rings. The molecule has 0 aromatic heterocycles. The Bertz CT molecular complexity index is 378. The minimum absolute atomic E-state index is 0.492. The van der Waals surface area contributed by atoms with E-state index in [2.05, 4.69) is 0 Å². The van der Waals surface area contributed by atoms with E-state index in [1.165, 1.54) is 7.11 Å². The summed E-state index contributed by atoms with van der Waals surface area (Å²) in [6.45, 7) is 2.15. The second-order valence-corrected chi connectivity index (χ2v) is 3.74. The second kappa shape index (κ2) is 5.09. The first-order valence-corrected chi connectivity index (χ1v) is 4.98. The minimum Gasteiger partial charge on any atom is -0.380 e. The maximum Gasteiger partial charge on any atom is 0.254 e. The van der Waals surface area contributed by atoms with Crippen molar-refractivity contribution in [1.82, 2.24) is 0 Å². The lowest BCUT2D eigenvalue weighted by Gasteiger charge is -2.25. The molecule has 0 fully saturated rings. The molecule has 1 atom stereocenters. The van der Waals surface area contributed by atoms with E-state index in [4.69, 9.17) is 15.2 Å². The van der Waals surface area contributed by atoms with Crippen LogP contribution in [-0.2, 0) is 26.5 Å². The molecule has 0 spiro atoms. The first-order chi connectivity index (χ1) is 7.54. The highest BCUT2D eigenvalue weighted by Gasteiger charge is 2.33. The van der Waals surface area contributed by atoms with Crippen LogP contribution in [0.3, 0.4) is 0 Å². The van der Waals surface area contributed by atoms with Crippen LogP contribution in [0.4, 0.5) is 0 Å². The summed E-state index contributed by atoms with van der Waals surface area (Å²) in [4.78, 5) is 11.4. The van der Waals surface area contributed by atoms with Crippen LogP contribution in [0.1, 0.15) is 18.1 Å². The van der Waals surface area contributed by atoms with E-state index >= 15 is 0 Å². The van der Waals surface area contributed by atoms with Crippen molar-refractivity contribution in [3.8, 4) is 0 Å². The molecule has 0 radical (unpaired) electrons. The third kappa shape index (κ3) is 2.40. The smallest absolute Gasteiger partial charge is 0.254 e. The average molecular weight is 223 g/mol. The third-order valence-corrected chi connectivity index (χ3v) is 2.67. The van der Waals surface area contributed by atoms with E-state index in [0.717, 1.165) is 11.1 Å². The number of hydrogen-bond donors (Lipinski definition) is 1. The molecule has 0 saturated carbocycles. The summed E-state index contributed by atoms with van der Waals surface area (Å²) in [5, 5.41) is 0. The van der Waals surface area contributed by atoms with Gasteiger partial charge in [0.25, 0.3) is 5.91 Å². The highest BCUT2D eigenvalue weighted by Crippen LogP contribution is 2.25. The Balaban J connectivity index is 3.11. The van der Waals surface area contributed by atoms with Crippen LogP contribution in [0.25, 0.3) is 0 Å². The fourth-order valence-electron chi connectivity index (χ4n) is 1.49. The van der Waals surface area contributed by atoms with Crippen LogP contribution < -0.4 is 5.73 Å². The third-order valence-electron chi connectivity index (χ3n) is 2.67. The van der Waals surface area contributed by atoms with Gasteiger partial charge in [0, 0.05) is 14.2 Å². The lowest BCUT2D eigenvalue weighted by atomic mass is 9.93. The van der Waals surface area contributed by atoms with Gasteiger partial charge in [0.2, 0.25) is 0 Å². The maximum absolute atomic E-state index is 11.4. The average Bonchev–Trinajstić information content (AvgIpc) is 2.28. The summed E-state index contributed by atoms with van der Waals surface area (Å²) in [6, 6.07) is 7.44. The van der Waals surface area contributed by atoms with Gasteiger partial charge in [-0.1, -0.05) is 24.3 Å². The number of methoxy groups -OCH3 is 2. The van der Waals surface area contributed by atoms with Crippen molar-refractivity contribution < 1.29 is 14.3 Å². The standard InChI is InChI=1S/C12H17NO3/c1-12(16-3,11(13)14)10-6-4-5-9(7-10)8-15-2/h4-7H,8H2,1-3H3,(H2,13,14). The monoisotopic (exact) mass is 223 g/mol. The predicted octanol–water partition coefficient (Wildman–Crippen LogP) is 1.18. The Morgan fingerprint density at radius 2 is 2.12 bits per heavy atom. The number of nitrogens with two attached hydrogens (primary N) is 1. The van der Waals surface area contributed by atoms with E-state index in [0.29, 0.717) is 6.61 Å². The van der Waals surface area contributed by atoms with E-state index in [9.17, 15) is 4.79 Å². The predicted molar refractivity (Wildman–Crippen MR) is 60.7 cm³/mol. The summed E-state index contributed by atoms with van der Waals surface area (Å²) >= 11 is 0. The molecule has 1 unspecified atom stereocenters. The summed E-state index contributed by atoms with van der Waals surface area (Å²) in [6.07, 6.45) is 0. The fraction of sp³-hybridized carbons (Fsp3) is 0.417. The van der Waals surface area contributed by atoms with Crippen LogP contribution in [0.2, 0.25) is 0 Å². The van der Waals surface area contributed by atoms with E-state index < -0.39 is 11.5 Å². The highest BCUT2D eigenvalue weighted by atomic mass is 16.5. The van der Waals surface area contributed by atoms with Gasteiger partial charge < -0.3 is 15.2 Å². The van der Waals surface area contributed by atoms with E-state index in [-0.39, 0.29) is 0 Å². The normalized spacial score (nSPS) is 14.4. The Hall–Kier alpha value is -1.39. The van der Waals surface area contributed by atoms with Crippen LogP contribution in [0.15, 0.2) is 24.3 Å². The number of carbonyl (C=O) groups excluding carboxylic acids is 1. The van der Waals surface area contributed by atoms with Crippen molar-refractivity contribution in [2.45, 2.75) is 19.1 Å². The quantitative estimate of drug-likeness (QED) is 0.815. The number of hydrogen-bond acceptors (Lipinski definition) is 3. The molecular weight excluding hydrogens is 206 g/mol. The van der Waals surface area contributed by atoms with E-state index in [1.807, 2.05) is 24.3 Å². The fourth-order valence-corrected chi connectivity index (χ4v) is 1.49. The first-order valence-electron chi connectivity index (χ1n) is 4.98. The van der Waals surface area contributed by atoms with Gasteiger partial charge in [-0.2, -0.15) is 0 Å². The molecule has 4 heteroatoms. The molecule has 16 heavy (non-hydrogen) atoms. The molecule has 1 aromatic carbocycles. The molecule has 0 bridgehead atoms. The number of ether oxygens (including phenoxy) is 2. The van der Waals surface area contributed by atoms with Crippen LogP contribution in [-0.4, -0.2) is 20.1 Å². The van der Waals surface area contributed by atoms with Crippen molar-refractivity contribution in [3.63, 3.8) is 0 Å². The first kappa shape index (κ1) is 12.7. The summed E-state index contributed by atoms with van der Waals surface area (Å²) < 4.78 is 10.2. The molecular formula is C12H17NO3. The second-order valence-electron chi connectivity index (χ2n) is 3.74. The molecule has 2 N–H and O–H groups in total. The van der Waals surface area contributed by atoms with Crippen LogP contribution in [0.5, 0.6) is 0 Å². The van der Waals surface area contributed by atoms with Gasteiger partial charge in [0.1, 0.15) is 0 Å². The molecule has 1 aromatic rings. The summed E-state index contributed by atoms with van der Waals surface area (Å²) in [7, 11) is 3.09. The number of carbonyl (C=O) groups is 1. The Morgan fingerprint density at radius 3 is 2.62 bits per heavy atom. The molecule has 0 heterocycles. The number of amides is 1. The van der Waals surface area contributed by atoms with Gasteiger partial charge in [0.15, 0.2) is 5.60 Å². The van der Waals surface area contributed by atoms with Gasteiger partial charge in [0.05, 0.1) is 6.61 Å².